The zero-order chi connectivity index (χ0) is 31.1. The first-order valence-corrected chi connectivity index (χ1v) is 14.7. The molecule has 1 aliphatic heterocycles. The van der Waals surface area contributed by atoms with Crippen molar-refractivity contribution in [2.24, 2.45) is 0 Å². The third-order valence-electron chi connectivity index (χ3n) is 5.88. The maximum Gasteiger partial charge on any atom is 0.339 e. The minimum atomic E-state index is -0.661. The summed E-state index contributed by atoms with van der Waals surface area (Å²) in [6.45, 7) is 1.61. The molecule has 1 saturated heterocycles. The minimum Gasteiger partial charge on any atom is -0.488 e. The molecular weight excluding hydrogens is 666 g/mol. The summed E-state index contributed by atoms with van der Waals surface area (Å²) in [6.07, 6.45) is 2.12. The molecule has 0 radical (unpaired) electrons. The molecule has 1 fully saturated rings. The lowest BCUT2D eigenvalue weighted by molar-refractivity contribution is -0.384. The van der Waals surface area contributed by atoms with Crippen molar-refractivity contribution in [2.75, 3.05) is 18.5 Å². The van der Waals surface area contributed by atoms with Crippen LogP contribution in [0.4, 0.5) is 16.2 Å². The summed E-state index contributed by atoms with van der Waals surface area (Å²) in [5.41, 5.74) is 1.46. The third kappa shape index (κ3) is 8.21. The molecule has 3 aromatic carbocycles. The second-order valence-corrected chi connectivity index (χ2v) is 11.4. The summed E-state index contributed by atoms with van der Waals surface area (Å²) in [7, 11) is 0. The van der Waals surface area contributed by atoms with Gasteiger partial charge in [-0.05, 0) is 78.4 Å². The molecule has 222 valence electrons. The topological polar surface area (TPSA) is 145 Å². The number of nitrogens with zero attached hydrogens (tertiary/aromatic N) is 2. The van der Waals surface area contributed by atoms with E-state index in [9.17, 15) is 29.3 Å². The molecule has 4 rings (SSSR count). The number of non-ortho nitro benzene ring substituents is 1. The Balaban J connectivity index is 1.44. The van der Waals surface area contributed by atoms with E-state index in [0.717, 1.165) is 4.90 Å². The van der Waals surface area contributed by atoms with E-state index in [-0.39, 0.29) is 40.1 Å². The van der Waals surface area contributed by atoms with Crippen molar-refractivity contribution >= 4 is 79.8 Å². The quantitative estimate of drug-likeness (QED) is 0.0991. The van der Waals surface area contributed by atoms with Gasteiger partial charge in [0.25, 0.3) is 16.8 Å². The van der Waals surface area contributed by atoms with Crippen molar-refractivity contribution in [1.82, 2.24) is 4.90 Å². The van der Waals surface area contributed by atoms with Gasteiger partial charge >= 0.3 is 5.97 Å². The lowest BCUT2D eigenvalue weighted by Gasteiger charge is -2.13. The zero-order valence-corrected chi connectivity index (χ0v) is 25.7. The Bertz CT molecular complexity index is 1630. The lowest BCUT2D eigenvalue weighted by atomic mass is 10.1. The number of amides is 3. The molecule has 43 heavy (non-hydrogen) atoms. The first-order valence-electron chi connectivity index (χ1n) is 12.7. The molecule has 1 N–H and O–H groups in total. The van der Waals surface area contributed by atoms with Crippen molar-refractivity contribution in [3.05, 3.63) is 102 Å². The number of nitrogens with one attached hydrogen (secondary N) is 1. The average Bonchev–Trinajstić information content (AvgIpc) is 3.23. The fourth-order valence-corrected chi connectivity index (χ4v) is 5.19. The third-order valence-corrected chi connectivity index (χ3v) is 7.61. The van der Waals surface area contributed by atoms with Gasteiger partial charge in [-0.3, -0.25) is 29.4 Å². The molecule has 3 amide bonds. The standard InChI is InChI=1S/C29H23BrClN3O8S/c1-2-11-41-28(37)22-14-20(6-9-23(22)31)32-26(35)15-33-27(36)25(43-29(33)38)13-18-12-19(30)5-10-24(18)42-16-17-3-7-21(8-4-17)34(39)40/h3-10,12-14H,2,11,15-16H2,1H3,(H,32,35)/b25-13-. The van der Waals surface area contributed by atoms with E-state index in [1.165, 1.54) is 36.4 Å². The van der Waals surface area contributed by atoms with Crippen LogP contribution in [0.2, 0.25) is 5.02 Å². The van der Waals surface area contributed by atoms with E-state index in [2.05, 4.69) is 21.2 Å². The van der Waals surface area contributed by atoms with Crippen molar-refractivity contribution in [3.8, 4) is 5.75 Å². The molecule has 0 spiro atoms. The van der Waals surface area contributed by atoms with E-state index in [0.29, 0.717) is 39.5 Å². The summed E-state index contributed by atoms with van der Waals surface area (Å²) in [6, 6.07) is 15.3. The normalized spacial score (nSPS) is 13.7. The van der Waals surface area contributed by atoms with Crippen molar-refractivity contribution in [2.45, 2.75) is 20.0 Å². The smallest absolute Gasteiger partial charge is 0.339 e. The second-order valence-electron chi connectivity index (χ2n) is 9.04. The number of rotatable bonds is 11. The fourth-order valence-electron chi connectivity index (χ4n) is 3.79. The SMILES string of the molecule is CCCOC(=O)c1cc(NC(=O)CN2C(=O)S/C(=C\c3cc(Br)ccc3OCc3ccc([N+](=O)[O-])cc3)C2=O)ccc1Cl. The summed E-state index contributed by atoms with van der Waals surface area (Å²) < 4.78 is 11.7. The van der Waals surface area contributed by atoms with Crippen LogP contribution in [0.15, 0.2) is 70.0 Å². The van der Waals surface area contributed by atoms with E-state index in [1.54, 1.807) is 30.3 Å². The Morgan fingerprint density at radius 3 is 2.56 bits per heavy atom. The van der Waals surface area contributed by atoms with Crippen LogP contribution in [0, 0.1) is 10.1 Å². The molecule has 0 aromatic heterocycles. The Morgan fingerprint density at radius 2 is 1.86 bits per heavy atom. The summed E-state index contributed by atoms with van der Waals surface area (Å²) in [5, 5.41) is 13.0. The lowest BCUT2D eigenvalue weighted by Crippen LogP contribution is -2.36. The maximum atomic E-state index is 13.1. The van der Waals surface area contributed by atoms with E-state index in [4.69, 9.17) is 21.1 Å². The Hall–Kier alpha value is -4.20. The number of ether oxygens (including phenoxy) is 2. The Labute approximate surface area is 263 Å². The monoisotopic (exact) mass is 687 g/mol. The van der Waals surface area contributed by atoms with Gasteiger partial charge in [0.2, 0.25) is 5.91 Å². The molecule has 11 nitrogen and oxygen atoms in total. The van der Waals surface area contributed by atoms with Gasteiger partial charge in [0.15, 0.2) is 0 Å². The van der Waals surface area contributed by atoms with Gasteiger partial charge in [-0.1, -0.05) is 34.5 Å². The van der Waals surface area contributed by atoms with Gasteiger partial charge in [-0.2, -0.15) is 0 Å². The van der Waals surface area contributed by atoms with Gasteiger partial charge in [0.05, 0.1) is 27.0 Å². The van der Waals surface area contributed by atoms with Crippen LogP contribution >= 0.6 is 39.3 Å². The molecule has 0 saturated carbocycles. The number of anilines is 1. The van der Waals surface area contributed by atoms with Crippen molar-refractivity contribution in [3.63, 3.8) is 0 Å². The number of halogens is 2. The number of carbonyl (C=O) groups is 4. The second kappa shape index (κ2) is 14.3. The van der Waals surface area contributed by atoms with Gasteiger partial charge < -0.3 is 14.8 Å². The predicted molar refractivity (Wildman–Crippen MR) is 165 cm³/mol. The number of benzene rings is 3. The molecule has 1 aliphatic rings. The number of nitro benzene ring substituents is 1. The first kappa shape index (κ1) is 31.7. The molecule has 14 heteroatoms. The number of nitro groups is 1. The molecule has 0 unspecified atom stereocenters. The van der Waals surface area contributed by atoms with Crippen LogP contribution in [-0.4, -0.2) is 46.0 Å². The first-order chi connectivity index (χ1) is 20.5. The van der Waals surface area contributed by atoms with E-state index < -0.39 is 34.5 Å². The summed E-state index contributed by atoms with van der Waals surface area (Å²) >= 11 is 10.2. The molecular formula is C29H23BrClN3O8S. The highest BCUT2D eigenvalue weighted by atomic mass is 79.9. The number of hydrogen-bond donors (Lipinski definition) is 1. The molecule has 1 heterocycles. The number of carbonyl (C=O) groups excluding carboxylic acids is 4. The maximum absolute atomic E-state index is 13.1. The van der Waals surface area contributed by atoms with Crippen LogP contribution in [0.1, 0.15) is 34.8 Å². The minimum absolute atomic E-state index is 0.0393. The van der Waals surface area contributed by atoms with Crippen LogP contribution in [-0.2, 0) is 20.9 Å². The predicted octanol–water partition coefficient (Wildman–Crippen LogP) is 6.83. The zero-order valence-electron chi connectivity index (χ0n) is 22.5. The highest BCUT2D eigenvalue weighted by molar-refractivity contribution is 9.10. The van der Waals surface area contributed by atoms with Crippen molar-refractivity contribution < 1.29 is 33.6 Å². The van der Waals surface area contributed by atoms with Gasteiger partial charge in [0, 0.05) is 27.9 Å². The van der Waals surface area contributed by atoms with Gasteiger partial charge in [-0.25, -0.2) is 4.79 Å². The van der Waals surface area contributed by atoms with E-state index >= 15 is 0 Å². The molecule has 0 atom stereocenters. The van der Waals surface area contributed by atoms with Crippen molar-refractivity contribution in [1.29, 1.82) is 0 Å². The highest BCUT2D eigenvalue weighted by Gasteiger charge is 2.36. The highest BCUT2D eigenvalue weighted by Crippen LogP contribution is 2.35. The average molecular weight is 689 g/mol. The summed E-state index contributed by atoms with van der Waals surface area (Å²) in [4.78, 5) is 62.1. The van der Waals surface area contributed by atoms with Crippen LogP contribution in [0.3, 0.4) is 0 Å². The number of thioether (sulfide) groups is 1. The molecule has 0 bridgehead atoms. The van der Waals surface area contributed by atoms with E-state index in [1.807, 2.05) is 6.92 Å². The number of imide groups is 1. The van der Waals surface area contributed by atoms with Gasteiger partial charge in [-0.15, -0.1) is 0 Å². The van der Waals surface area contributed by atoms with Crippen LogP contribution in [0.25, 0.3) is 6.08 Å². The largest absolute Gasteiger partial charge is 0.488 e. The molecule has 3 aromatic rings. The van der Waals surface area contributed by atoms with Crippen LogP contribution < -0.4 is 10.1 Å². The molecule has 0 aliphatic carbocycles. The summed E-state index contributed by atoms with van der Waals surface area (Å²) in [5.74, 6) is -1.55. The van der Waals surface area contributed by atoms with Crippen LogP contribution in [0.5, 0.6) is 5.75 Å². The number of esters is 1. The van der Waals surface area contributed by atoms with Gasteiger partial charge in [0.1, 0.15) is 18.9 Å². The number of hydrogen-bond acceptors (Lipinski definition) is 9. The Kier molecular flexibility index (Phi) is 10.6. The fraction of sp³-hybridized carbons (Fsp3) is 0.172. The Morgan fingerprint density at radius 1 is 1.12 bits per heavy atom.